The quantitative estimate of drug-likeness (QED) is 0.521. The Labute approximate surface area is 85.7 Å². The van der Waals surface area contributed by atoms with Crippen LogP contribution in [0.25, 0.3) is 6.08 Å². The lowest BCUT2D eigenvalue weighted by Gasteiger charge is -2.02. The lowest BCUT2D eigenvalue weighted by Crippen LogP contribution is -1.83. The third-order valence-corrected chi connectivity index (χ3v) is 2.14. The van der Waals surface area contributed by atoms with Crippen molar-refractivity contribution in [3.63, 3.8) is 0 Å². The molecule has 0 atom stereocenters. The van der Waals surface area contributed by atoms with Gasteiger partial charge in [-0.05, 0) is 31.1 Å². The summed E-state index contributed by atoms with van der Waals surface area (Å²) in [5.74, 6) is 0.671. The summed E-state index contributed by atoms with van der Waals surface area (Å²) in [6.45, 7) is 7.92. The van der Waals surface area contributed by atoms with Crippen molar-refractivity contribution in [2.24, 2.45) is 0 Å². The zero-order valence-electron chi connectivity index (χ0n) is 9.00. The summed E-state index contributed by atoms with van der Waals surface area (Å²) in [6.07, 6.45) is 3.89. The molecule has 1 heteroatoms. The third-order valence-electron chi connectivity index (χ3n) is 2.14. The van der Waals surface area contributed by atoms with Gasteiger partial charge in [-0.3, -0.25) is 0 Å². The van der Waals surface area contributed by atoms with E-state index in [4.69, 9.17) is 4.74 Å². The number of aryl methyl sites for hydroxylation is 2. The molecule has 0 N–H and O–H groups in total. The second kappa shape index (κ2) is 4.66. The molecule has 0 radical (unpaired) electrons. The number of methoxy groups -OCH3 is 1. The summed E-state index contributed by atoms with van der Waals surface area (Å²) >= 11 is 0. The van der Waals surface area contributed by atoms with Gasteiger partial charge in [0.2, 0.25) is 0 Å². The van der Waals surface area contributed by atoms with E-state index < -0.39 is 0 Å². The number of allylic oxidation sites excluding steroid dienone is 1. The van der Waals surface area contributed by atoms with Gasteiger partial charge < -0.3 is 4.74 Å². The van der Waals surface area contributed by atoms with Crippen LogP contribution in [0.15, 0.2) is 36.6 Å². The summed E-state index contributed by atoms with van der Waals surface area (Å²) in [4.78, 5) is 0. The van der Waals surface area contributed by atoms with Crippen molar-refractivity contribution in [2.45, 2.75) is 13.8 Å². The fraction of sp³-hybridized carbons (Fsp3) is 0.231. The van der Waals surface area contributed by atoms with Crippen molar-refractivity contribution in [1.29, 1.82) is 0 Å². The van der Waals surface area contributed by atoms with Gasteiger partial charge in [-0.15, -0.1) is 0 Å². The molecule has 0 aliphatic heterocycles. The molecule has 0 spiro atoms. The van der Waals surface area contributed by atoms with E-state index in [0.717, 1.165) is 0 Å². The van der Waals surface area contributed by atoms with Crippen molar-refractivity contribution < 1.29 is 4.74 Å². The summed E-state index contributed by atoms with van der Waals surface area (Å²) in [6, 6.07) is 6.36. The lowest BCUT2D eigenvalue weighted by molar-refractivity contribution is 0.309. The molecule has 0 unspecified atom stereocenters. The molecule has 14 heavy (non-hydrogen) atoms. The molecule has 1 aromatic rings. The van der Waals surface area contributed by atoms with E-state index in [-0.39, 0.29) is 0 Å². The van der Waals surface area contributed by atoms with E-state index in [1.807, 2.05) is 12.2 Å². The first-order valence-corrected chi connectivity index (χ1v) is 4.61. The van der Waals surface area contributed by atoms with Gasteiger partial charge in [0, 0.05) is 0 Å². The largest absolute Gasteiger partial charge is 0.497 e. The molecular formula is C13H16O. The van der Waals surface area contributed by atoms with Crippen LogP contribution >= 0.6 is 0 Å². The topological polar surface area (TPSA) is 9.23 Å². The monoisotopic (exact) mass is 188 g/mol. The minimum Gasteiger partial charge on any atom is -0.497 e. The SMILES string of the molecule is C=C(/C=C\c1ccc(C)cc1C)OC. The van der Waals surface area contributed by atoms with Crippen LogP contribution < -0.4 is 0 Å². The van der Waals surface area contributed by atoms with Crippen molar-refractivity contribution in [3.05, 3.63) is 53.3 Å². The zero-order chi connectivity index (χ0) is 10.6. The fourth-order valence-corrected chi connectivity index (χ4v) is 1.26. The molecule has 0 amide bonds. The molecular weight excluding hydrogens is 172 g/mol. The highest BCUT2D eigenvalue weighted by Gasteiger charge is 1.93. The zero-order valence-corrected chi connectivity index (χ0v) is 9.00. The minimum absolute atomic E-state index is 0.671. The van der Waals surface area contributed by atoms with Crippen molar-refractivity contribution in [1.82, 2.24) is 0 Å². The highest BCUT2D eigenvalue weighted by Crippen LogP contribution is 2.12. The maximum absolute atomic E-state index is 4.95. The first kappa shape index (κ1) is 10.6. The molecule has 0 aliphatic rings. The van der Waals surface area contributed by atoms with Crippen LogP contribution in [-0.4, -0.2) is 7.11 Å². The van der Waals surface area contributed by atoms with Crippen molar-refractivity contribution >= 4 is 6.08 Å². The van der Waals surface area contributed by atoms with E-state index >= 15 is 0 Å². The molecule has 0 saturated carbocycles. The number of rotatable bonds is 3. The van der Waals surface area contributed by atoms with Crippen molar-refractivity contribution in [3.8, 4) is 0 Å². The van der Waals surface area contributed by atoms with Crippen LogP contribution in [-0.2, 0) is 4.74 Å². The maximum atomic E-state index is 4.95. The summed E-state index contributed by atoms with van der Waals surface area (Å²) in [5.41, 5.74) is 3.75. The van der Waals surface area contributed by atoms with Gasteiger partial charge in [-0.2, -0.15) is 0 Å². The van der Waals surface area contributed by atoms with Gasteiger partial charge >= 0.3 is 0 Å². The van der Waals surface area contributed by atoms with E-state index in [2.05, 4.69) is 38.6 Å². The second-order valence-electron chi connectivity index (χ2n) is 3.36. The van der Waals surface area contributed by atoms with Crippen LogP contribution in [0.5, 0.6) is 0 Å². The Morgan fingerprint density at radius 2 is 2.07 bits per heavy atom. The molecule has 0 heterocycles. The van der Waals surface area contributed by atoms with Gasteiger partial charge in [-0.25, -0.2) is 0 Å². The van der Waals surface area contributed by atoms with Crippen LogP contribution in [0.3, 0.4) is 0 Å². The summed E-state index contributed by atoms with van der Waals surface area (Å²) in [7, 11) is 1.62. The number of hydrogen-bond donors (Lipinski definition) is 0. The minimum atomic E-state index is 0.671. The van der Waals surface area contributed by atoms with E-state index in [1.54, 1.807) is 7.11 Å². The van der Waals surface area contributed by atoms with Gasteiger partial charge in [0.15, 0.2) is 0 Å². The van der Waals surface area contributed by atoms with E-state index in [9.17, 15) is 0 Å². The molecule has 0 aromatic heterocycles. The molecule has 1 rings (SSSR count). The molecule has 74 valence electrons. The Morgan fingerprint density at radius 1 is 1.36 bits per heavy atom. The van der Waals surface area contributed by atoms with Crippen molar-refractivity contribution in [2.75, 3.05) is 7.11 Å². The lowest BCUT2D eigenvalue weighted by atomic mass is 10.1. The predicted octanol–water partition coefficient (Wildman–Crippen LogP) is 3.48. The Balaban J connectivity index is 2.87. The molecule has 0 saturated heterocycles. The average Bonchev–Trinajstić information content (AvgIpc) is 2.16. The first-order chi connectivity index (χ1) is 6.63. The van der Waals surface area contributed by atoms with Gasteiger partial charge in [-0.1, -0.05) is 36.4 Å². The fourth-order valence-electron chi connectivity index (χ4n) is 1.26. The number of benzene rings is 1. The smallest absolute Gasteiger partial charge is 0.111 e. The van der Waals surface area contributed by atoms with Gasteiger partial charge in [0.1, 0.15) is 5.76 Å². The highest BCUT2D eigenvalue weighted by atomic mass is 16.5. The number of ether oxygens (including phenoxy) is 1. The second-order valence-corrected chi connectivity index (χ2v) is 3.36. The van der Waals surface area contributed by atoms with Crippen LogP contribution in [0.4, 0.5) is 0 Å². The predicted molar refractivity (Wildman–Crippen MR) is 61.1 cm³/mol. The van der Waals surface area contributed by atoms with Crippen LogP contribution in [0.1, 0.15) is 16.7 Å². The molecule has 0 bridgehead atoms. The Morgan fingerprint density at radius 3 is 2.64 bits per heavy atom. The standard InChI is InChI=1S/C13H16O/c1-10-5-7-13(11(2)9-10)8-6-12(3)14-4/h5-9H,3H2,1-2,4H3/b8-6-. The van der Waals surface area contributed by atoms with Crippen LogP contribution in [0.2, 0.25) is 0 Å². The Hall–Kier alpha value is -1.50. The van der Waals surface area contributed by atoms with Gasteiger partial charge in [0.05, 0.1) is 7.11 Å². The maximum Gasteiger partial charge on any atom is 0.111 e. The van der Waals surface area contributed by atoms with Gasteiger partial charge in [0.25, 0.3) is 0 Å². The third kappa shape index (κ3) is 2.77. The average molecular weight is 188 g/mol. The van der Waals surface area contributed by atoms with E-state index in [1.165, 1.54) is 16.7 Å². The Kier molecular flexibility index (Phi) is 3.52. The summed E-state index contributed by atoms with van der Waals surface area (Å²) in [5, 5.41) is 0. The molecule has 0 fully saturated rings. The van der Waals surface area contributed by atoms with Crippen LogP contribution in [0, 0.1) is 13.8 Å². The van der Waals surface area contributed by atoms with E-state index in [0.29, 0.717) is 5.76 Å². The normalized spacial score (nSPS) is 10.5. The first-order valence-electron chi connectivity index (χ1n) is 4.61. The highest BCUT2D eigenvalue weighted by molar-refractivity contribution is 5.56. The molecule has 0 aliphatic carbocycles. The molecule has 1 aromatic carbocycles. The number of hydrogen-bond acceptors (Lipinski definition) is 1. The summed E-state index contributed by atoms with van der Waals surface area (Å²) < 4.78 is 4.95. The Bertz CT molecular complexity index is 361. The molecule has 1 nitrogen and oxygen atoms in total.